The first-order chi connectivity index (χ1) is 19.5. The zero-order valence-electron chi connectivity index (χ0n) is 27.0. The molecule has 0 N–H and O–H groups in total. The number of carbonyl (C=O) groups excluding carboxylic acids is 2. The van der Waals surface area contributed by atoms with Crippen molar-refractivity contribution < 1.29 is 36.9 Å². The van der Waals surface area contributed by atoms with E-state index in [1.54, 1.807) is 0 Å². The topological polar surface area (TPSA) is 80.3 Å². The van der Waals surface area contributed by atoms with Gasteiger partial charge in [0.1, 0.15) is 0 Å². The summed E-state index contributed by atoms with van der Waals surface area (Å²) >= 11 is 0. The number of carbonyl (C=O) groups is 2. The molecule has 5 heteroatoms. The van der Waals surface area contributed by atoms with Crippen LogP contribution in [-0.4, -0.2) is 11.9 Å². The molecule has 0 spiro atoms. The quantitative estimate of drug-likeness (QED) is 0.0452. The van der Waals surface area contributed by atoms with Gasteiger partial charge in [-0.3, -0.25) is 0 Å². The molecule has 0 fully saturated rings. The van der Waals surface area contributed by atoms with Crippen LogP contribution in [0.25, 0.3) is 0 Å². The van der Waals surface area contributed by atoms with Crippen LogP contribution in [0.4, 0.5) is 0 Å². The third-order valence-corrected chi connectivity index (χ3v) is 7.29. The van der Waals surface area contributed by atoms with Crippen molar-refractivity contribution in [2.75, 3.05) is 0 Å². The van der Waals surface area contributed by atoms with E-state index in [-0.39, 0.29) is 29.9 Å². The van der Waals surface area contributed by atoms with Crippen LogP contribution >= 0.6 is 0 Å². The number of hydrogen-bond acceptors (Lipinski definition) is 4. The molecule has 0 aromatic heterocycles. The molecule has 245 valence electrons. The summed E-state index contributed by atoms with van der Waals surface area (Å²) in [6, 6.07) is 0. The van der Waals surface area contributed by atoms with E-state index in [4.69, 9.17) is 0 Å². The van der Waals surface area contributed by atoms with Gasteiger partial charge in [0, 0.05) is 11.9 Å². The Kier molecular flexibility index (Phi) is 44.5. The number of hydrogen-bond donors (Lipinski definition) is 0. The molecule has 41 heavy (non-hydrogen) atoms. The van der Waals surface area contributed by atoms with Crippen LogP contribution in [0.1, 0.15) is 194 Å². The number of carboxylic acid groups (broad SMARTS) is 2. The zero-order valence-corrected chi connectivity index (χ0v) is 28.0. The van der Waals surface area contributed by atoms with Crippen molar-refractivity contribution >= 4 is 11.9 Å². The number of carboxylic acids is 2. The molecule has 0 atom stereocenters. The summed E-state index contributed by atoms with van der Waals surface area (Å²) in [4.78, 5) is 20.4. The van der Waals surface area contributed by atoms with Gasteiger partial charge < -0.3 is 19.8 Å². The minimum absolute atomic E-state index is 0. The second kappa shape index (κ2) is 41.1. The summed E-state index contributed by atoms with van der Waals surface area (Å²) in [5.74, 6) is -1.83. The maximum atomic E-state index is 10.2. The summed E-state index contributed by atoms with van der Waals surface area (Å²) < 4.78 is 0. The van der Waals surface area contributed by atoms with Crippen LogP contribution in [0.2, 0.25) is 0 Å². The Bertz CT molecular complexity index is 524. The molecule has 0 bridgehead atoms. The van der Waals surface area contributed by atoms with Crippen LogP contribution in [0.15, 0.2) is 24.3 Å². The molecule has 0 heterocycles. The smallest absolute Gasteiger partial charge is 0.550 e. The molecule has 0 unspecified atom stereocenters. The second-order valence-corrected chi connectivity index (χ2v) is 11.4. The Morgan fingerprint density at radius 2 is 0.610 bits per heavy atom. The van der Waals surface area contributed by atoms with Gasteiger partial charge in [0.25, 0.3) is 0 Å². The Hall–Kier alpha value is -1.06. The number of allylic oxidation sites excluding steroid dienone is 4. The molecule has 0 aliphatic heterocycles. The summed E-state index contributed by atoms with van der Waals surface area (Å²) in [6.07, 6.45) is 41.8. The van der Waals surface area contributed by atoms with Crippen LogP contribution in [0.5, 0.6) is 0 Å². The Labute approximate surface area is 266 Å². The zero-order chi connectivity index (χ0) is 29.8. The largest absolute Gasteiger partial charge is 2.00 e. The van der Waals surface area contributed by atoms with Gasteiger partial charge in [-0.15, -0.1) is 0 Å². The Morgan fingerprint density at radius 1 is 0.390 bits per heavy atom. The van der Waals surface area contributed by atoms with Gasteiger partial charge in [0.05, 0.1) is 0 Å². The first-order valence-electron chi connectivity index (χ1n) is 17.2. The first kappa shape index (κ1) is 44.4. The SMILES string of the molecule is CCCCCCCC/C=C/CCCCCCCC(=O)[O-].CCCCCCCC/C=C/CCCCCCCC(=O)[O-].[Cu+2]. The average molecular weight is 626 g/mol. The van der Waals surface area contributed by atoms with E-state index in [2.05, 4.69) is 38.2 Å². The van der Waals surface area contributed by atoms with Gasteiger partial charge in [-0.1, -0.05) is 141 Å². The van der Waals surface area contributed by atoms with E-state index in [1.807, 2.05) is 0 Å². The molecule has 0 amide bonds. The second-order valence-electron chi connectivity index (χ2n) is 11.4. The normalized spacial score (nSPS) is 11.0. The van der Waals surface area contributed by atoms with Gasteiger partial charge in [-0.2, -0.15) is 0 Å². The van der Waals surface area contributed by atoms with Crippen LogP contribution < -0.4 is 10.2 Å². The number of rotatable bonds is 30. The van der Waals surface area contributed by atoms with Crippen molar-refractivity contribution in [1.82, 2.24) is 0 Å². The van der Waals surface area contributed by atoms with Crippen molar-refractivity contribution in [3.05, 3.63) is 24.3 Å². The van der Waals surface area contributed by atoms with Gasteiger partial charge in [-0.25, -0.2) is 0 Å². The van der Waals surface area contributed by atoms with Crippen LogP contribution in [-0.2, 0) is 26.7 Å². The Balaban J connectivity index is -0.000000688. The fourth-order valence-electron chi connectivity index (χ4n) is 4.68. The molecule has 0 rings (SSSR count). The molecular weight excluding hydrogens is 560 g/mol. The van der Waals surface area contributed by atoms with Gasteiger partial charge in [0.15, 0.2) is 0 Å². The molecule has 0 aliphatic rings. The van der Waals surface area contributed by atoms with Crippen molar-refractivity contribution in [2.45, 2.75) is 194 Å². The van der Waals surface area contributed by atoms with Crippen molar-refractivity contribution in [2.24, 2.45) is 0 Å². The van der Waals surface area contributed by atoms with E-state index in [0.29, 0.717) is 0 Å². The van der Waals surface area contributed by atoms with Gasteiger partial charge in [0.2, 0.25) is 0 Å². The minimum atomic E-state index is -0.914. The molecule has 0 saturated carbocycles. The third kappa shape index (κ3) is 49.0. The van der Waals surface area contributed by atoms with E-state index < -0.39 is 11.9 Å². The monoisotopic (exact) mass is 625 g/mol. The predicted molar refractivity (Wildman–Crippen MR) is 169 cm³/mol. The molecule has 0 aliphatic carbocycles. The van der Waals surface area contributed by atoms with E-state index in [0.717, 1.165) is 38.5 Å². The molecule has 0 aromatic rings. The minimum Gasteiger partial charge on any atom is -0.550 e. The van der Waals surface area contributed by atoms with E-state index in [1.165, 1.54) is 128 Å². The Morgan fingerprint density at radius 3 is 0.854 bits per heavy atom. The third-order valence-electron chi connectivity index (χ3n) is 7.29. The van der Waals surface area contributed by atoms with E-state index >= 15 is 0 Å². The molecule has 4 nitrogen and oxygen atoms in total. The average Bonchev–Trinajstić information content (AvgIpc) is 2.93. The standard InChI is InChI=1S/2C18H34O2.Cu/c2*1-2-3-4-5-6-7-8-9-10-11-12-13-14-15-16-17-18(19)20;/h2*9-10H,2-8,11-17H2,1H3,(H,19,20);/q;;+2/p-2/b2*10-9+;. The molecule has 1 radical (unpaired) electrons. The predicted octanol–water partition coefficient (Wildman–Crippen LogP) is 9.55. The van der Waals surface area contributed by atoms with Gasteiger partial charge >= 0.3 is 17.1 Å². The fourth-order valence-corrected chi connectivity index (χ4v) is 4.68. The van der Waals surface area contributed by atoms with Crippen LogP contribution in [0.3, 0.4) is 0 Å². The number of unbranched alkanes of at least 4 members (excludes halogenated alkanes) is 22. The first-order valence-corrected chi connectivity index (χ1v) is 17.2. The van der Waals surface area contributed by atoms with Crippen molar-refractivity contribution in [3.8, 4) is 0 Å². The summed E-state index contributed by atoms with van der Waals surface area (Å²) in [7, 11) is 0. The van der Waals surface area contributed by atoms with E-state index in [9.17, 15) is 19.8 Å². The van der Waals surface area contributed by atoms with Crippen molar-refractivity contribution in [1.29, 1.82) is 0 Å². The molecule has 0 saturated heterocycles. The molecule has 0 aromatic carbocycles. The fraction of sp³-hybridized carbons (Fsp3) is 0.833. The summed E-state index contributed by atoms with van der Waals surface area (Å²) in [5, 5.41) is 20.4. The summed E-state index contributed by atoms with van der Waals surface area (Å²) in [5.41, 5.74) is 0. The summed E-state index contributed by atoms with van der Waals surface area (Å²) in [6.45, 7) is 4.51. The molecular formula is C36H66CuO4. The maximum Gasteiger partial charge on any atom is 2.00 e. The van der Waals surface area contributed by atoms with Crippen molar-refractivity contribution in [3.63, 3.8) is 0 Å². The van der Waals surface area contributed by atoms with Crippen LogP contribution in [0, 0.1) is 0 Å². The maximum absolute atomic E-state index is 10.2. The van der Waals surface area contributed by atoms with Gasteiger partial charge in [-0.05, 0) is 77.0 Å². The number of aliphatic carboxylic acids is 2.